The number of nitrogens with zero attached hydrogens (tertiary/aromatic N) is 1. The number of hydrogen-bond donors (Lipinski definition) is 2. The van der Waals surface area contributed by atoms with Crippen LogP contribution in [-0.2, 0) is 16.0 Å². The topological polar surface area (TPSA) is 75.6 Å². The Kier molecular flexibility index (Phi) is 8.97. The minimum atomic E-state index is -0.692. The molecule has 0 aromatic carbocycles. The van der Waals surface area contributed by atoms with E-state index < -0.39 is 17.1 Å². The first kappa shape index (κ1) is 35.9. The van der Waals surface area contributed by atoms with Crippen LogP contribution in [0, 0.1) is 69.5 Å². The third-order valence-electron chi connectivity index (χ3n) is 17.7. The zero-order chi connectivity index (χ0) is 35.5. The third kappa shape index (κ3) is 5.28. The van der Waals surface area contributed by atoms with Crippen molar-refractivity contribution in [2.24, 2.45) is 69.5 Å². The van der Waals surface area contributed by atoms with Crippen LogP contribution >= 0.6 is 0 Å². The molecule has 5 nitrogen and oxygen atoms in total. The van der Waals surface area contributed by atoms with Crippen LogP contribution in [-0.4, -0.2) is 62.7 Å². The molecule has 0 bridgehead atoms. The van der Waals surface area contributed by atoms with Crippen molar-refractivity contribution < 1.29 is 14.5 Å². The fraction of sp³-hybridized carbons (Fsp3) is 0.841. The molecule has 1 aliphatic heterocycles. The van der Waals surface area contributed by atoms with Crippen molar-refractivity contribution in [3.63, 3.8) is 0 Å². The normalized spacial score (nSPS) is 49.5. The highest BCUT2D eigenvalue weighted by Crippen LogP contribution is 2.73. The molecule has 0 radical (unpaired) electrons. The number of likely N-dealkylation sites (tertiary alicyclic amines) is 1. The molecule has 0 spiro atoms. The van der Waals surface area contributed by atoms with E-state index in [1.165, 1.54) is 68.9 Å². The summed E-state index contributed by atoms with van der Waals surface area (Å²) < 4.78 is 12.6. The molecular weight excluding hydrogens is 637 g/mol. The summed E-state index contributed by atoms with van der Waals surface area (Å²) in [6.07, 6.45) is 19.0. The summed E-state index contributed by atoms with van der Waals surface area (Å²) in [4.78, 5) is 14.3. The number of hydrogen-bond acceptors (Lipinski definition) is 4. The molecule has 8 aliphatic rings. The minimum absolute atomic E-state index is 0.129. The standard InChI is InChI=1S/C44H68N2O3S/c1-9-50(49)29-22-27(4)46(25-29)21-20-45-44-18-12-30(26(2)3)39(44)31-10-11-37-42(7,35(31)14-19-44)17-15-36-41(5,6)34(13-16-43(36,37)8)28-23-32-33(24-28)38(32)40(47)48/h13,23,27,29-33,35-39,45H,2,9-12,14-22,24-25H2,1,3-8H3,(H,47,48)/t27-,29+,30-,31?,32?,33?,35?,36?,37?,38?,39?,42?,43?,44?,50?/m0/s1. The first-order chi connectivity index (χ1) is 23.7. The molecular formula is C44H68N2O3S. The van der Waals surface area contributed by atoms with Crippen molar-refractivity contribution in [1.82, 2.24) is 10.2 Å². The number of carboxylic acids is 1. The summed E-state index contributed by atoms with van der Waals surface area (Å²) in [7, 11) is 0. The molecule has 8 rings (SSSR count). The smallest absolute Gasteiger partial charge is 0.307 e. The number of allylic oxidation sites excluding steroid dienone is 5. The second kappa shape index (κ2) is 12.5. The molecule has 0 aromatic rings. The van der Waals surface area contributed by atoms with Gasteiger partial charge in [-0.05, 0) is 171 Å². The van der Waals surface area contributed by atoms with Crippen molar-refractivity contribution in [1.29, 1.82) is 0 Å². The molecule has 6 heteroatoms. The lowest BCUT2D eigenvalue weighted by Gasteiger charge is -2.68. The molecule has 50 heavy (non-hydrogen) atoms. The first-order valence-electron chi connectivity index (χ1n) is 20.8. The first-order valence-corrected chi connectivity index (χ1v) is 22.2. The minimum Gasteiger partial charge on any atom is -0.616 e. The summed E-state index contributed by atoms with van der Waals surface area (Å²) in [6, 6.07) is 0.528. The fourth-order valence-electron chi connectivity index (χ4n) is 15.5. The molecule has 0 amide bonds. The van der Waals surface area contributed by atoms with Gasteiger partial charge in [0.25, 0.3) is 0 Å². The van der Waals surface area contributed by atoms with Gasteiger partial charge in [0.15, 0.2) is 0 Å². The quantitative estimate of drug-likeness (QED) is 0.186. The summed E-state index contributed by atoms with van der Waals surface area (Å²) in [6.45, 7) is 25.0. The molecule has 278 valence electrons. The van der Waals surface area contributed by atoms with E-state index in [2.05, 4.69) is 77.4 Å². The van der Waals surface area contributed by atoms with Crippen molar-refractivity contribution in [2.45, 2.75) is 136 Å². The number of carbonyl (C=O) groups is 1. The Morgan fingerprint density at radius 3 is 2.50 bits per heavy atom. The molecule has 7 aliphatic carbocycles. The Hall–Kier alpha value is -1.08. The monoisotopic (exact) mass is 704 g/mol. The van der Waals surface area contributed by atoms with Gasteiger partial charge >= 0.3 is 5.97 Å². The van der Waals surface area contributed by atoms with Gasteiger partial charge in [-0.25, -0.2) is 0 Å². The Balaban J connectivity index is 1.00. The maximum absolute atomic E-state index is 12.6. The van der Waals surface area contributed by atoms with Crippen LogP contribution in [0.4, 0.5) is 0 Å². The van der Waals surface area contributed by atoms with Crippen LogP contribution in [0.5, 0.6) is 0 Å². The number of aliphatic carboxylic acids is 1. The van der Waals surface area contributed by atoms with Crippen LogP contribution in [0.1, 0.15) is 119 Å². The Labute approximate surface area is 307 Å². The average molecular weight is 705 g/mol. The zero-order valence-electron chi connectivity index (χ0n) is 32.4. The van der Waals surface area contributed by atoms with Crippen LogP contribution in [0.3, 0.4) is 0 Å². The lowest BCUT2D eigenvalue weighted by atomic mass is 9.36. The Morgan fingerprint density at radius 2 is 1.82 bits per heavy atom. The van der Waals surface area contributed by atoms with Crippen LogP contribution in [0.25, 0.3) is 0 Å². The lowest BCUT2D eigenvalue weighted by molar-refractivity contribution is -0.177. The van der Waals surface area contributed by atoms with Crippen molar-refractivity contribution in [3.05, 3.63) is 35.5 Å². The maximum atomic E-state index is 12.6. The zero-order valence-corrected chi connectivity index (χ0v) is 33.3. The predicted molar refractivity (Wildman–Crippen MR) is 205 cm³/mol. The van der Waals surface area contributed by atoms with Gasteiger partial charge in [-0.1, -0.05) is 52.0 Å². The number of rotatable bonds is 9. The third-order valence-corrected chi connectivity index (χ3v) is 19.4. The summed E-state index contributed by atoms with van der Waals surface area (Å²) in [5.74, 6) is 5.03. The van der Waals surface area contributed by atoms with Crippen LogP contribution < -0.4 is 5.32 Å². The predicted octanol–water partition coefficient (Wildman–Crippen LogP) is 8.64. The maximum Gasteiger partial charge on any atom is 0.307 e. The van der Waals surface area contributed by atoms with Gasteiger partial charge in [0.05, 0.1) is 5.92 Å². The number of carboxylic acid groups (broad SMARTS) is 1. The van der Waals surface area contributed by atoms with Crippen molar-refractivity contribution in [2.75, 3.05) is 25.4 Å². The summed E-state index contributed by atoms with van der Waals surface area (Å²) in [5, 5.41) is 14.3. The van der Waals surface area contributed by atoms with E-state index in [0.717, 1.165) is 56.0 Å². The highest BCUT2D eigenvalue weighted by Gasteiger charge is 2.67. The van der Waals surface area contributed by atoms with Crippen molar-refractivity contribution in [3.8, 4) is 0 Å². The van der Waals surface area contributed by atoms with E-state index >= 15 is 0 Å². The molecule has 5 saturated carbocycles. The second-order valence-electron chi connectivity index (χ2n) is 20.1. The van der Waals surface area contributed by atoms with E-state index in [-0.39, 0.29) is 22.8 Å². The van der Waals surface area contributed by atoms with E-state index in [4.69, 9.17) is 0 Å². The van der Waals surface area contributed by atoms with Gasteiger partial charge < -0.3 is 15.0 Å². The van der Waals surface area contributed by atoms with E-state index in [0.29, 0.717) is 45.8 Å². The molecule has 0 aromatic heterocycles. The molecule has 12 unspecified atom stereocenters. The van der Waals surface area contributed by atoms with Crippen molar-refractivity contribution >= 4 is 17.1 Å². The van der Waals surface area contributed by atoms with Crippen LogP contribution in [0.2, 0.25) is 0 Å². The summed E-state index contributed by atoms with van der Waals surface area (Å²) >= 11 is -0.692. The Bertz CT molecular complexity index is 1450. The fourth-order valence-corrected chi connectivity index (χ4v) is 16.8. The van der Waals surface area contributed by atoms with Gasteiger partial charge in [0, 0.05) is 37.6 Å². The van der Waals surface area contributed by atoms with Gasteiger partial charge in [0.1, 0.15) is 11.0 Å². The lowest BCUT2D eigenvalue weighted by Crippen LogP contribution is -2.64. The van der Waals surface area contributed by atoms with Crippen LogP contribution in [0.15, 0.2) is 35.5 Å². The molecule has 15 atom stereocenters. The molecule has 2 N–H and O–H groups in total. The highest BCUT2D eigenvalue weighted by molar-refractivity contribution is 7.92. The Morgan fingerprint density at radius 1 is 1.06 bits per heavy atom. The van der Waals surface area contributed by atoms with E-state index in [1.807, 2.05) is 0 Å². The SMILES string of the molecule is C=C(C)[C@@H]1CCC2(NCCN3C[C@H]([S+]([O-])CC)C[C@@H]3C)CCC3C(CCC4C3(C)CCC3C(C)(C)C(C5=CC6C(C5)C6C(=O)O)=CCC34C)C12. The van der Waals surface area contributed by atoms with Gasteiger partial charge in [-0.3, -0.25) is 9.69 Å². The molecule has 1 saturated heterocycles. The van der Waals surface area contributed by atoms with Gasteiger partial charge in [-0.2, -0.15) is 0 Å². The number of nitrogens with one attached hydrogen (secondary N) is 1. The second-order valence-corrected chi connectivity index (χ2v) is 22.1. The van der Waals surface area contributed by atoms with E-state index in [9.17, 15) is 14.5 Å². The largest absolute Gasteiger partial charge is 0.616 e. The highest BCUT2D eigenvalue weighted by atomic mass is 32.2. The molecule has 6 fully saturated rings. The summed E-state index contributed by atoms with van der Waals surface area (Å²) in [5.41, 5.74) is 5.55. The van der Waals surface area contributed by atoms with Gasteiger partial charge in [-0.15, -0.1) is 0 Å². The van der Waals surface area contributed by atoms with E-state index in [1.54, 1.807) is 5.57 Å². The average Bonchev–Trinajstić information content (AvgIpc) is 3.36. The van der Waals surface area contributed by atoms with Gasteiger partial charge in [0.2, 0.25) is 0 Å². The number of fused-ring (bicyclic) bond motifs is 8. The molecule has 1 heterocycles.